The highest BCUT2D eigenvalue weighted by Gasteiger charge is 1.91. The fourth-order valence-electron chi connectivity index (χ4n) is 1.44. The molecule has 0 aliphatic heterocycles. The minimum Gasteiger partial charge on any atom is -0.299 e. The third kappa shape index (κ3) is 9.45. The third-order valence-corrected chi connectivity index (χ3v) is 2.48. The minimum atomic E-state index is 0.862. The fourth-order valence-corrected chi connectivity index (χ4v) is 1.44. The van der Waals surface area contributed by atoms with Crippen LogP contribution in [0, 0.1) is 0 Å². The van der Waals surface area contributed by atoms with Crippen LogP contribution in [0.3, 0.4) is 0 Å². The van der Waals surface area contributed by atoms with Gasteiger partial charge in [-0.25, -0.2) is 0 Å². The molecule has 0 saturated heterocycles. The maximum absolute atomic E-state index is 10.2. The first-order valence-electron chi connectivity index (χ1n) is 5.96. The second-order valence-electron chi connectivity index (χ2n) is 4.56. The molecule has 0 rings (SSSR count). The largest absolute Gasteiger partial charge is 0.299 e. The summed E-state index contributed by atoms with van der Waals surface area (Å²) in [5, 5.41) is 0. The summed E-state index contributed by atoms with van der Waals surface area (Å²) in [6.45, 7) is 8.44. The Morgan fingerprint density at radius 1 is 0.875 bits per heavy atom. The van der Waals surface area contributed by atoms with Crippen molar-refractivity contribution in [3.63, 3.8) is 0 Å². The van der Waals surface area contributed by atoms with Crippen molar-refractivity contribution >= 4 is 6.29 Å². The standard InChI is InChI=1S/C15H24O/c1-13(2)7-5-8-14(3)9-6-10-15(4)11-12-16/h7,9,11-12H,5-6,8,10H2,1-4H3/b14-9-,15-11+. The zero-order valence-electron chi connectivity index (χ0n) is 11.0. The van der Waals surface area contributed by atoms with Crippen molar-refractivity contribution in [2.75, 3.05) is 0 Å². The number of rotatable bonds is 7. The molecule has 0 aliphatic rings. The highest BCUT2D eigenvalue weighted by atomic mass is 16.1. The van der Waals surface area contributed by atoms with E-state index in [-0.39, 0.29) is 0 Å². The predicted octanol–water partition coefficient (Wildman–Crippen LogP) is 4.60. The first-order valence-corrected chi connectivity index (χ1v) is 5.96. The molecule has 0 aromatic heterocycles. The van der Waals surface area contributed by atoms with Gasteiger partial charge in [-0.05, 0) is 59.5 Å². The summed E-state index contributed by atoms with van der Waals surface area (Å²) >= 11 is 0. The Labute approximate surface area is 99.9 Å². The monoisotopic (exact) mass is 220 g/mol. The van der Waals surface area contributed by atoms with Crippen LogP contribution < -0.4 is 0 Å². The lowest BCUT2D eigenvalue weighted by molar-refractivity contribution is -0.104. The molecule has 16 heavy (non-hydrogen) atoms. The Kier molecular flexibility index (Phi) is 8.51. The molecular formula is C15H24O. The van der Waals surface area contributed by atoms with Crippen LogP contribution in [-0.2, 0) is 4.79 Å². The fraction of sp³-hybridized carbons (Fsp3) is 0.533. The molecule has 0 fully saturated rings. The van der Waals surface area contributed by atoms with Crippen LogP contribution in [0.25, 0.3) is 0 Å². The van der Waals surface area contributed by atoms with Gasteiger partial charge in [-0.15, -0.1) is 0 Å². The van der Waals surface area contributed by atoms with Crippen molar-refractivity contribution in [1.29, 1.82) is 0 Å². The quantitative estimate of drug-likeness (QED) is 0.348. The molecule has 0 bridgehead atoms. The maximum atomic E-state index is 10.2. The molecule has 0 aromatic rings. The zero-order chi connectivity index (χ0) is 12.4. The third-order valence-electron chi connectivity index (χ3n) is 2.48. The van der Waals surface area contributed by atoms with Gasteiger partial charge in [-0.2, -0.15) is 0 Å². The molecule has 0 heterocycles. The minimum absolute atomic E-state index is 0.862. The van der Waals surface area contributed by atoms with Crippen molar-refractivity contribution in [2.45, 2.75) is 53.4 Å². The van der Waals surface area contributed by atoms with E-state index in [1.165, 1.54) is 11.1 Å². The molecule has 90 valence electrons. The van der Waals surface area contributed by atoms with E-state index >= 15 is 0 Å². The van der Waals surface area contributed by atoms with E-state index in [2.05, 4.69) is 32.9 Å². The number of carbonyl (C=O) groups excluding carboxylic acids is 1. The predicted molar refractivity (Wildman–Crippen MR) is 71.5 cm³/mol. The van der Waals surface area contributed by atoms with Crippen molar-refractivity contribution in [1.82, 2.24) is 0 Å². The lowest BCUT2D eigenvalue weighted by Gasteiger charge is -2.00. The van der Waals surface area contributed by atoms with Crippen LogP contribution in [0.2, 0.25) is 0 Å². The van der Waals surface area contributed by atoms with Crippen LogP contribution >= 0.6 is 0 Å². The summed E-state index contributed by atoms with van der Waals surface area (Å²) in [4.78, 5) is 10.2. The van der Waals surface area contributed by atoms with Crippen LogP contribution in [0.5, 0.6) is 0 Å². The second-order valence-corrected chi connectivity index (χ2v) is 4.56. The number of hydrogen-bond donors (Lipinski definition) is 0. The van der Waals surface area contributed by atoms with Gasteiger partial charge in [0.05, 0.1) is 0 Å². The summed E-state index contributed by atoms with van der Waals surface area (Å²) in [5.74, 6) is 0. The summed E-state index contributed by atoms with van der Waals surface area (Å²) in [6, 6.07) is 0. The molecule has 0 unspecified atom stereocenters. The summed E-state index contributed by atoms with van der Waals surface area (Å²) in [6.07, 6.45) is 11.4. The molecule has 0 amide bonds. The second kappa shape index (κ2) is 9.14. The smallest absolute Gasteiger partial charge is 0.142 e. The number of carbonyl (C=O) groups is 1. The zero-order valence-corrected chi connectivity index (χ0v) is 11.0. The molecule has 1 heteroatoms. The van der Waals surface area contributed by atoms with Crippen LogP contribution in [0.15, 0.2) is 34.9 Å². The van der Waals surface area contributed by atoms with E-state index in [1.54, 1.807) is 6.08 Å². The molecule has 1 nitrogen and oxygen atoms in total. The summed E-state index contributed by atoms with van der Waals surface area (Å²) in [7, 11) is 0. The maximum Gasteiger partial charge on any atom is 0.142 e. The molecule has 0 spiro atoms. The highest BCUT2D eigenvalue weighted by Crippen LogP contribution is 2.10. The Hall–Kier alpha value is -1.11. The average molecular weight is 220 g/mol. The average Bonchev–Trinajstić information content (AvgIpc) is 2.17. The molecule has 0 N–H and O–H groups in total. The number of allylic oxidation sites excluding steroid dienone is 6. The first kappa shape index (κ1) is 14.9. The topological polar surface area (TPSA) is 17.1 Å². The van der Waals surface area contributed by atoms with E-state index in [1.807, 2.05) is 6.92 Å². The van der Waals surface area contributed by atoms with Gasteiger partial charge in [0.2, 0.25) is 0 Å². The number of hydrogen-bond acceptors (Lipinski definition) is 1. The Balaban J connectivity index is 3.83. The SMILES string of the molecule is CC(C)=CCC/C(C)=C\CC/C(C)=C/C=O. The molecule has 0 aromatic carbocycles. The van der Waals surface area contributed by atoms with E-state index in [4.69, 9.17) is 0 Å². The van der Waals surface area contributed by atoms with Crippen molar-refractivity contribution < 1.29 is 4.79 Å². The van der Waals surface area contributed by atoms with Gasteiger partial charge >= 0.3 is 0 Å². The molecule has 0 aliphatic carbocycles. The van der Waals surface area contributed by atoms with Crippen LogP contribution in [-0.4, -0.2) is 6.29 Å². The normalized spacial score (nSPS) is 12.5. The molecule has 0 atom stereocenters. The van der Waals surface area contributed by atoms with Crippen molar-refractivity contribution in [3.05, 3.63) is 34.9 Å². The molecule has 0 radical (unpaired) electrons. The Morgan fingerprint density at radius 3 is 2.00 bits per heavy atom. The van der Waals surface area contributed by atoms with Crippen molar-refractivity contribution in [3.8, 4) is 0 Å². The van der Waals surface area contributed by atoms with Crippen molar-refractivity contribution in [2.24, 2.45) is 0 Å². The van der Waals surface area contributed by atoms with Gasteiger partial charge in [-0.3, -0.25) is 4.79 Å². The Bertz CT molecular complexity index is 289. The first-order chi connectivity index (χ1) is 7.56. The van der Waals surface area contributed by atoms with Crippen LogP contribution in [0.1, 0.15) is 53.4 Å². The van der Waals surface area contributed by atoms with E-state index in [9.17, 15) is 4.79 Å². The van der Waals surface area contributed by atoms with Gasteiger partial charge < -0.3 is 0 Å². The lowest BCUT2D eigenvalue weighted by Crippen LogP contribution is -1.81. The van der Waals surface area contributed by atoms with E-state index in [0.29, 0.717) is 0 Å². The lowest BCUT2D eigenvalue weighted by atomic mass is 10.1. The van der Waals surface area contributed by atoms with Gasteiger partial charge in [0.1, 0.15) is 6.29 Å². The number of aldehydes is 1. The van der Waals surface area contributed by atoms with E-state index in [0.717, 1.165) is 37.5 Å². The van der Waals surface area contributed by atoms with Gasteiger partial charge in [-0.1, -0.05) is 28.9 Å². The molecular weight excluding hydrogens is 196 g/mol. The Morgan fingerprint density at radius 2 is 1.44 bits per heavy atom. The summed E-state index contributed by atoms with van der Waals surface area (Å²) in [5.41, 5.74) is 3.98. The van der Waals surface area contributed by atoms with Crippen LogP contribution in [0.4, 0.5) is 0 Å². The van der Waals surface area contributed by atoms with Gasteiger partial charge in [0.15, 0.2) is 0 Å². The summed E-state index contributed by atoms with van der Waals surface area (Å²) < 4.78 is 0. The van der Waals surface area contributed by atoms with Gasteiger partial charge in [0, 0.05) is 0 Å². The molecule has 0 saturated carbocycles. The highest BCUT2D eigenvalue weighted by molar-refractivity contribution is 5.65. The van der Waals surface area contributed by atoms with E-state index < -0.39 is 0 Å². The van der Waals surface area contributed by atoms with Gasteiger partial charge in [0.25, 0.3) is 0 Å².